The highest BCUT2D eigenvalue weighted by atomic mass is 16.5. The van der Waals surface area contributed by atoms with Crippen LogP contribution in [0.5, 0.6) is 11.5 Å². The summed E-state index contributed by atoms with van der Waals surface area (Å²) in [6.45, 7) is 2.21. The van der Waals surface area contributed by atoms with Crippen molar-refractivity contribution in [1.82, 2.24) is 4.90 Å². The number of carboxylic acid groups (broad SMARTS) is 1. The third kappa shape index (κ3) is 4.11. The van der Waals surface area contributed by atoms with E-state index in [1.807, 2.05) is 18.2 Å². The minimum Gasteiger partial charge on any atom is -0.493 e. The molecule has 2 aliphatic rings. The van der Waals surface area contributed by atoms with Crippen LogP contribution in [0.4, 0.5) is 0 Å². The Morgan fingerprint density at radius 1 is 1.23 bits per heavy atom. The lowest BCUT2D eigenvalue weighted by Crippen LogP contribution is -2.41. The summed E-state index contributed by atoms with van der Waals surface area (Å²) in [6, 6.07) is 5.54. The van der Waals surface area contributed by atoms with Crippen molar-refractivity contribution < 1.29 is 33.7 Å². The van der Waals surface area contributed by atoms with Crippen molar-refractivity contribution in [1.29, 1.82) is 0 Å². The van der Waals surface area contributed by atoms with Gasteiger partial charge >= 0.3 is 11.9 Å². The number of esters is 1. The lowest BCUT2D eigenvalue weighted by Gasteiger charge is -2.35. The van der Waals surface area contributed by atoms with Gasteiger partial charge in [-0.05, 0) is 50.3 Å². The Balaban J connectivity index is 1.92. The Morgan fingerprint density at radius 3 is 2.61 bits per heavy atom. The monoisotopic (exact) mass is 431 g/mol. The second-order valence-corrected chi connectivity index (χ2v) is 7.75. The minimum absolute atomic E-state index is 0.174. The lowest BCUT2D eigenvalue weighted by atomic mass is 9.68. The molecule has 0 bridgehead atoms. The van der Waals surface area contributed by atoms with E-state index in [4.69, 9.17) is 14.2 Å². The number of ether oxygens (including phenoxy) is 3. The molecule has 1 aromatic carbocycles. The molecule has 0 aromatic heterocycles. The van der Waals surface area contributed by atoms with Gasteiger partial charge in [0.05, 0.1) is 33.2 Å². The maximum absolute atomic E-state index is 13.3. The zero-order valence-electron chi connectivity index (χ0n) is 18.2. The highest BCUT2D eigenvalue weighted by molar-refractivity contribution is 5.98. The summed E-state index contributed by atoms with van der Waals surface area (Å²) in [5, 5.41) is 9.44. The van der Waals surface area contributed by atoms with E-state index in [2.05, 4.69) is 0 Å². The second-order valence-electron chi connectivity index (χ2n) is 7.75. The van der Waals surface area contributed by atoms with E-state index in [-0.39, 0.29) is 12.5 Å². The molecule has 1 N–H and O–H groups in total. The molecule has 1 aliphatic heterocycles. The molecule has 0 radical (unpaired) electrons. The fourth-order valence-corrected chi connectivity index (χ4v) is 4.70. The van der Waals surface area contributed by atoms with Crippen LogP contribution >= 0.6 is 0 Å². The van der Waals surface area contributed by atoms with E-state index >= 15 is 0 Å². The lowest BCUT2D eigenvalue weighted by molar-refractivity contribution is -0.159. The van der Waals surface area contributed by atoms with Crippen molar-refractivity contribution in [3.8, 4) is 11.5 Å². The largest absolute Gasteiger partial charge is 0.493 e. The first-order chi connectivity index (χ1) is 14.9. The van der Waals surface area contributed by atoms with Crippen molar-refractivity contribution in [3.05, 3.63) is 35.5 Å². The van der Waals surface area contributed by atoms with Crippen molar-refractivity contribution in [2.75, 3.05) is 27.4 Å². The van der Waals surface area contributed by atoms with Crippen LogP contribution in [0.3, 0.4) is 0 Å². The average molecular weight is 431 g/mol. The number of carboxylic acids is 1. The van der Waals surface area contributed by atoms with Gasteiger partial charge in [-0.3, -0.25) is 14.4 Å². The van der Waals surface area contributed by atoms with Gasteiger partial charge in [0.1, 0.15) is 5.41 Å². The molecule has 1 saturated heterocycles. The van der Waals surface area contributed by atoms with Crippen molar-refractivity contribution in [2.45, 2.75) is 39.0 Å². The van der Waals surface area contributed by atoms with Crippen LogP contribution in [0.2, 0.25) is 0 Å². The molecule has 1 fully saturated rings. The van der Waals surface area contributed by atoms with Gasteiger partial charge in [-0.1, -0.05) is 12.1 Å². The average Bonchev–Trinajstić information content (AvgIpc) is 3.00. The number of hydrogen-bond acceptors (Lipinski definition) is 6. The van der Waals surface area contributed by atoms with Crippen LogP contribution in [0.15, 0.2) is 30.0 Å². The standard InChI is InChI=1S/C23H29NO7/c1-4-31-22(28)23-11-6-5-7-19(23)24(21(27)16(23)14-20(25)26)12-10-15-8-9-17(29-2)18(13-15)30-3/h7-9,13,16H,4-6,10-12,14H2,1-3H3,(H,25,26)/t16-,23-/m1/s1. The van der Waals surface area contributed by atoms with Gasteiger partial charge in [-0.25, -0.2) is 0 Å². The molecule has 0 unspecified atom stereocenters. The molecule has 2 atom stereocenters. The number of rotatable bonds is 9. The molecular weight excluding hydrogens is 402 g/mol. The molecule has 1 amide bonds. The Bertz CT molecular complexity index is 894. The second kappa shape index (κ2) is 9.41. The quantitative estimate of drug-likeness (QED) is 0.600. The minimum atomic E-state index is -1.22. The number of allylic oxidation sites excluding steroid dienone is 1. The molecular formula is C23H29NO7. The van der Waals surface area contributed by atoms with Crippen molar-refractivity contribution in [3.63, 3.8) is 0 Å². The van der Waals surface area contributed by atoms with Gasteiger partial charge < -0.3 is 24.2 Å². The Kier molecular flexibility index (Phi) is 6.87. The number of fused-ring (bicyclic) bond motifs is 1. The number of benzene rings is 1. The van der Waals surface area contributed by atoms with Crippen LogP contribution < -0.4 is 9.47 Å². The molecule has 31 heavy (non-hydrogen) atoms. The van der Waals surface area contributed by atoms with Gasteiger partial charge in [-0.2, -0.15) is 0 Å². The van der Waals surface area contributed by atoms with Gasteiger partial charge in [0, 0.05) is 12.2 Å². The Labute approximate surface area is 181 Å². The first kappa shape index (κ1) is 22.7. The number of likely N-dealkylation sites (tertiary alicyclic amines) is 1. The van der Waals surface area contributed by atoms with Crippen LogP contribution in [0.1, 0.15) is 38.2 Å². The Morgan fingerprint density at radius 2 is 1.97 bits per heavy atom. The van der Waals surface area contributed by atoms with Crippen LogP contribution in [-0.2, 0) is 25.5 Å². The number of carbonyl (C=O) groups is 3. The number of methoxy groups -OCH3 is 2. The highest BCUT2D eigenvalue weighted by Crippen LogP contribution is 2.53. The van der Waals surface area contributed by atoms with Crippen LogP contribution in [0.25, 0.3) is 0 Å². The smallest absolute Gasteiger partial charge is 0.318 e. The van der Waals surface area contributed by atoms with Gasteiger partial charge in [0.2, 0.25) is 5.91 Å². The predicted octanol–water partition coefficient (Wildman–Crippen LogP) is 2.80. The van der Waals surface area contributed by atoms with Gasteiger partial charge in [-0.15, -0.1) is 0 Å². The molecule has 168 valence electrons. The third-order valence-electron chi connectivity index (χ3n) is 6.11. The summed E-state index contributed by atoms with van der Waals surface area (Å²) < 4.78 is 15.9. The molecule has 1 heterocycles. The fraction of sp³-hybridized carbons (Fsp3) is 0.522. The summed E-state index contributed by atoms with van der Waals surface area (Å²) in [7, 11) is 3.12. The summed E-state index contributed by atoms with van der Waals surface area (Å²) in [5.41, 5.74) is 0.306. The number of hydrogen-bond donors (Lipinski definition) is 1. The molecule has 0 spiro atoms. The Hall–Kier alpha value is -3.03. The molecule has 1 aliphatic carbocycles. The summed E-state index contributed by atoms with van der Waals surface area (Å²) in [4.78, 5) is 39.5. The van der Waals surface area contributed by atoms with E-state index in [1.165, 1.54) is 0 Å². The number of carbonyl (C=O) groups excluding carboxylic acids is 2. The normalized spacial score (nSPS) is 22.5. The molecule has 3 rings (SSSR count). The first-order valence-electron chi connectivity index (χ1n) is 10.5. The van der Waals surface area contributed by atoms with E-state index in [1.54, 1.807) is 32.1 Å². The summed E-state index contributed by atoms with van der Waals surface area (Å²) >= 11 is 0. The molecule has 0 saturated carbocycles. The van der Waals surface area contributed by atoms with Crippen molar-refractivity contribution in [2.24, 2.45) is 11.3 Å². The maximum atomic E-state index is 13.3. The van der Waals surface area contributed by atoms with Crippen molar-refractivity contribution >= 4 is 17.8 Å². The summed E-state index contributed by atoms with van der Waals surface area (Å²) in [5.74, 6) is -1.69. The molecule has 8 heteroatoms. The predicted molar refractivity (Wildman–Crippen MR) is 112 cm³/mol. The van der Waals surface area contributed by atoms with Crippen LogP contribution in [-0.4, -0.2) is 55.2 Å². The van der Waals surface area contributed by atoms with E-state index in [0.717, 1.165) is 12.0 Å². The summed E-state index contributed by atoms with van der Waals surface area (Å²) in [6.07, 6.45) is 3.86. The van der Waals surface area contributed by atoms with Gasteiger partial charge in [0.25, 0.3) is 0 Å². The zero-order chi connectivity index (χ0) is 22.6. The molecule has 1 aromatic rings. The maximum Gasteiger partial charge on any atom is 0.318 e. The van der Waals surface area contributed by atoms with E-state index < -0.39 is 29.7 Å². The third-order valence-corrected chi connectivity index (χ3v) is 6.11. The van der Waals surface area contributed by atoms with E-state index in [0.29, 0.717) is 43.0 Å². The SMILES string of the molecule is CCOC(=O)[C@@]12CCCC=C1N(CCc1ccc(OC)c(OC)c1)C(=O)[C@H]2CC(=O)O. The van der Waals surface area contributed by atoms with E-state index in [9.17, 15) is 19.5 Å². The number of nitrogens with zero attached hydrogens (tertiary/aromatic N) is 1. The zero-order valence-corrected chi connectivity index (χ0v) is 18.2. The van der Waals surface area contributed by atoms with Gasteiger partial charge in [0.15, 0.2) is 11.5 Å². The number of aliphatic carboxylic acids is 1. The first-order valence-corrected chi connectivity index (χ1v) is 10.5. The van der Waals surface area contributed by atoms with Crippen LogP contribution in [0, 0.1) is 11.3 Å². The number of amides is 1. The fourth-order valence-electron chi connectivity index (χ4n) is 4.70. The molecule has 8 nitrogen and oxygen atoms in total. The highest BCUT2D eigenvalue weighted by Gasteiger charge is 2.62. The topological polar surface area (TPSA) is 102 Å².